The van der Waals surface area contributed by atoms with Gasteiger partial charge >= 0.3 is 0 Å². The molecule has 0 radical (unpaired) electrons. The lowest BCUT2D eigenvalue weighted by Gasteiger charge is -2.14. The molecule has 0 spiro atoms. The van der Waals surface area contributed by atoms with Crippen LogP contribution in [0.3, 0.4) is 0 Å². The number of ether oxygens (including phenoxy) is 1. The molecule has 1 aromatic carbocycles. The molecule has 1 atom stereocenters. The van der Waals surface area contributed by atoms with Crippen LogP contribution >= 0.6 is 0 Å². The minimum atomic E-state index is -0.593. The summed E-state index contributed by atoms with van der Waals surface area (Å²) < 4.78 is 7.39. The number of fused-ring (bicyclic) bond motifs is 1. The molecule has 2 amide bonds. The normalized spacial score (nSPS) is 12.0. The van der Waals surface area contributed by atoms with E-state index in [1.165, 1.54) is 0 Å². The van der Waals surface area contributed by atoms with Crippen molar-refractivity contribution in [3.8, 4) is 5.75 Å². The third-order valence-corrected chi connectivity index (χ3v) is 4.36. The van der Waals surface area contributed by atoms with E-state index >= 15 is 0 Å². The molecule has 2 N–H and O–H groups in total. The highest BCUT2D eigenvalue weighted by atomic mass is 16.5. The summed E-state index contributed by atoms with van der Waals surface area (Å²) in [5.74, 6) is 0.273. The number of aryl methyl sites for hydroxylation is 1. The number of hydrogen-bond donors (Lipinski definition) is 2. The minimum absolute atomic E-state index is 0.176. The van der Waals surface area contributed by atoms with Crippen LogP contribution in [0.4, 0.5) is 0 Å². The Morgan fingerprint density at radius 3 is 2.60 bits per heavy atom. The smallest absolute Gasteiger partial charge is 0.254 e. The lowest BCUT2D eigenvalue weighted by Crippen LogP contribution is -2.45. The van der Waals surface area contributed by atoms with Gasteiger partial charge in [0.1, 0.15) is 11.8 Å². The third-order valence-electron chi connectivity index (χ3n) is 4.36. The molecule has 0 saturated heterocycles. The third kappa shape index (κ3) is 3.78. The second-order valence-corrected chi connectivity index (χ2v) is 6.07. The molecule has 0 aliphatic rings. The van der Waals surface area contributed by atoms with Crippen molar-refractivity contribution in [2.45, 2.75) is 46.7 Å². The Labute approximate surface area is 148 Å². The molecule has 136 valence electrons. The standard InChI is InChI=1S/C19H27N3O3/c1-6-10-20-18(23)12(3)21-19(24)17-13(4)22(7-2)16-9-8-14(25-5)11-15(16)17/h8-9,11-12H,6-7,10H2,1-5H3,(H,20,23)(H,21,24)/t12-/m0/s1. The van der Waals surface area contributed by atoms with Crippen LogP contribution < -0.4 is 15.4 Å². The van der Waals surface area contributed by atoms with Crippen molar-refractivity contribution in [2.75, 3.05) is 13.7 Å². The van der Waals surface area contributed by atoms with Gasteiger partial charge in [0.2, 0.25) is 5.91 Å². The monoisotopic (exact) mass is 345 g/mol. The summed E-state index contributed by atoms with van der Waals surface area (Å²) in [6.45, 7) is 9.00. The average molecular weight is 345 g/mol. The summed E-state index contributed by atoms with van der Waals surface area (Å²) in [5, 5.41) is 6.43. The van der Waals surface area contributed by atoms with Gasteiger partial charge in [-0.05, 0) is 45.4 Å². The minimum Gasteiger partial charge on any atom is -0.497 e. The molecular weight excluding hydrogens is 318 g/mol. The van der Waals surface area contributed by atoms with E-state index in [1.807, 2.05) is 39.0 Å². The van der Waals surface area contributed by atoms with E-state index in [1.54, 1.807) is 14.0 Å². The van der Waals surface area contributed by atoms with Crippen molar-refractivity contribution in [1.82, 2.24) is 15.2 Å². The van der Waals surface area contributed by atoms with E-state index < -0.39 is 6.04 Å². The molecule has 0 bridgehead atoms. The number of carbonyl (C=O) groups excluding carboxylic acids is 2. The molecule has 6 nitrogen and oxygen atoms in total. The number of methoxy groups -OCH3 is 1. The number of carbonyl (C=O) groups is 2. The Bertz CT molecular complexity index is 780. The molecule has 25 heavy (non-hydrogen) atoms. The number of nitrogens with one attached hydrogen (secondary N) is 2. The molecule has 1 aromatic heterocycles. The van der Waals surface area contributed by atoms with E-state index in [9.17, 15) is 9.59 Å². The fourth-order valence-corrected chi connectivity index (χ4v) is 3.02. The predicted molar refractivity (Wildman–Crippen MR) is 99.1 cm³/mol. The first-order valence-corrected chi connectivity index (χ1v) is 8.69. The van der Waals surface area contributed by atoms with Crippen molar-refractivity contribution < 1.29 is 14.3 Å². The van der Waals surface area contributed by atoms with Crippen molar-refractivity contribution in [1.29, 1.82) is 0 Å². The predicted octanol–water partition coefficient (Wildman–Crippen LogP) is 2.62. The molecule has 6 heteroatoms. The first-order chi connectivity index (χ1) is 11.9. The summed E-state index contributed by atoms with van der Waals surface area (Å²) in [7, 11) is 1.60. The molecule has 0 fully saturated rings. The summed E-state index contributed by atoms with van der Waals surface area (Å²) in [6.07, 6.45) is 0.856. The summed E-state index contributed by atoms with van der Waals surface area (Å²) in [6, 6.07) is 5.12. The van der Waals surface area contributed by atoms with Crippen LogP contribution in [-0.2, 0) is 11.3 Å². The van der Waals surface area contributed by atoms with E-state index in [0.29, 0.717) is 17.9 Å². The van der Waals surface area contributed by atoms with Crippen LogP contribution in [0.5, 0.6) is 5.75 Å². The van der Waals surface area contributed by atoms with E-state index in [-0.39, 0.29) is 11.8 Å². The maximum Gasteiger partial charge on any atom is 0.254 e. The summed E-state index contributed by atoms with van der Waals surface area (Å²) in [4.78, 5) is 24.9. The molecule has 2 aromatic rings. The summed E-state index contributed by atoms with van der Waals surface area (Å²) in [5.41, 5.74) is 2.45. The molecule has 2 rings (SSSR count). The second kappa shape index (κ2) is 8.05. The van der Waals surface area contributed by atoms with Crippen LogP contribution in [0, 0.1) is 6.92 Å². The SMILES string of the molecule is CCCNC(=O)[C@H](C)NC(=O)c1c(C)n(CC)c2ccc(OC)cc12. The zero-order valence-electron chi connectivity index (χ0n) is 15.6. The van der Waals surface area contributed by atoms with Gasteiger partial charge in [-0.3, -0.25) is 9.59 Å². The highest BCUT2D eigenvalue weighted by Gasteiger charge is 2.23. The molecule has 1 heterocycles. The van der Waals surface area contributed by atoms with Crippen molar-refractivity contribution in [2.24, 2.45) is 0 Å². The quantitative estimate of drug-likeness (QED) is 0.810. The van der Waals surface area contributed by atoms with Crippen molar-refractivity contribution in [3.63, 3.8) is 0 Å². The van der Waals surface area contributed by atoms with E-state index in [4.69, 9.17) is 4.74 Å². The molecule has 0 aliphatic heterocycles. The Balaban J connectivity index is 2.37. The molecule has 0 unspecified atom stereocenters. The number of rotatable bonds is 7. The maximum atomic E-state index is 12.9. The lowest BCUT2D eigenvalue weighted by atomic mass is 10.1. The topological polar surface area (TPSA) is 72.4 Å². The highest BCUT2D eigenvalue weighted by Crippen LogP contribution is 2.29. The zero-order chi connectivity index (χ0) is 18.6. The first kappa shape index (κ1) is 18.8. The largest absolute Gasteiger partial charge is 0.497 e. The number of hydrogen-bond acceptors (Lipinski definition) is 3. The summed E-state index contributed by atoms with van der Waals surface area (Å²) >= 11 is 0. The van der Waals surface area contributed by atoms with Crippen LogP contribution in [0.15, 0.2) is 18.2 Å². The fourth-order valence-electron chi connectivity index (χ4n) is 3.02. The van der Waals surface area contributed by atoms with Gasteiger partial charge in [-0.2, -0.15) is 0 Å². The number of amides is 2. The van der Waals surface area contributed by atoms with Crippen molar-refractivity contribution in [3.05, 3.63) is 29.5 Å². The maximum absolute atomic E-state index is 12.9. The zero-order valence-corrected chi connectivity index (χ0v) is 15.6. The second-order valence-electron chi connectivity index (χ2n) is 6.07. The molecule has 0 saturated carbocycles. The van der Waals surface area contributed by atoms with Crippen LogP contribution in [0.25, 0.3) is 10.9 Å². The highest BCUT2D eigenvalue weighted by molar-refractivity contribution is 6.09. The Kier molecular flexibility index (Phi) is 6.07. The lowest BCUT2D eigenvalue weighted by molar-refractivity contribution is -0.122. The van der Waals surface area contributed by atoms with Gasteiger partial charge in [-0.25, -0.2) is 0 Å². The van der Waals surface area contributed by atoms with Gasteiger partial charge in [-0.15, -0.1) is 0 Å². The van der Waals surface area contributed by atoms with E-state index in [0.717, 1.165) is 29.6 Å². The number of nitrogens with zero attached hydrogens (tertiary/aromatic N) is 1. The molecular formula is C19H27N3O3. The van der Waals surface area contributed by atoms with Crippen LogP contribution in [0.2, 0.25) is 0 Å². The first-order valence-electron chi connectivity index (χ1n) is 8.69. The fraction of sp³-hybridized carbons (Fsp3) is 0.474. The van der Waals surface area contributed by atoms with Crippen LogP contribution in [0.1, 0.15) is 43.2 Å². The van der Waals surface area contributed by atoms with Gasteiger partial charge in [0.25, 0.3) is 5.91 Å². The Morgan fingerprint density at radius 2 is 2.00 bits per heavy atom. The molecule has 0 aliphatic carbocycles. The number of benzene rings is 1. The average Bonchev–Trinajstić information content (AvgIpc) is 2.89. The van der Waals surface area contributed by atoms with Gasteiger partial charge in [0, 0.05) is 29.7 Å². The van der Waals surface area contributed by atoms with E-state index in [2.05, 4.69) is 15.2 Å². The number of aromatic nitrogens is 1. The van der Waals surface area contributed by atoms with Gasteiger partial charge in [0.15, 0.2) is 0 Å². The van der Waals surface area contributed by atoms with Gasteiger partial charge in [-0.1, -0.05) is 6.92 Å². The van der Waals surface area contributed by atoms with Gasteiger partial charge in [0.05, 0.1) is 12.7 Å². The van der Waals surface area contributed by atoms with Crippen molar-refractivity contribution >= 4 is 22.7 Å². The Hall–Kier alpha value is -2.50. The van der Waals surface area contributed by atoms with Crippen LogP contribution in [-0.4, -0.2) is 36.1 Å². The van der Waals surface area contributed by atoms with Gasteiger partial charge < -0.3 is 19.9 Å². The Morgan fingerprint density at radius 1 is 1.28 bits per heavy atom.